The van der Waals surface area contributed by atoms with Crippen LogP contribution in [0.25, 0.3) is 0 Å². The first-order valence-corrected chi connectivity index (χ1v) is 7.40. The molecule has 4 heteroatoms. The number of halogens is 2. The molecule has 0 radical (unpaired) electrons. The zero-order valence-electron chi connectivity index (χ0n) is 10.8. The quantitative estimate of drug-likeness (QED) is 0.880. The molecule has 2 nitrogen and oxygen atoms in total. The fraction of sp³-hybridized carbons (Fsp3) is 0.250. The summed E-state index contributed by atoms with van der Waals surface area (Å²) >= 11 is 3.33. The van der Waals surface area contributed by atoms with Gasteiger partial charge in [0.25, 0.3) is 0 Å². The van der Waals surface area contributed by atoms with Crippen molar-refractivity contribution in [2.75, 3.05) is 6.54 Å². The minimum Gasteiger partial charge on any atom is -0.386 e. The van der Waals surface area contributed by atoms with Crippen molar-refractivity contribution in [1.29, 1.82) is 0 Å². The van der Waals surface area contributed by atoms with Crippen LogP contribution in [0, 0.1) is 5.82 Å². The number of nitrogens with one attached hydrogen (secondary N) is 1. The summed E-state index contributed by atoms with van der Waals surface area (Å²) < 4.78 is 13.8. The maximum absolute atomic E-state index is 13.2. The van der Waals surface area contributed by atoms with E-state index in [1.54, 1.807) is 6.07 Å². The zero-order chi connectivity index (χ0) is 14.1. The second-order valence-corrected chi connectivity index (χ2v) is 5.85. The summed E-state index contributed by atoms with van der Waals surface area (Å²) in [6.45, 7) is 0.831. The van der Waals surface area contributed by atoms with Gasteiger partial charge in [-0.2, -0.15) is 0 Å². The average Bonchev–Trinajstić information content (AvgIpc) is 2.46. The lowest BCUT2D eigenvalue weighted by molar-refractivity contribution is 0.124. The van der Waals surface area contributed by atoms with Crippen molar-refractivity contribution < 1.29 is 9.50 Å². The highest BCUT2D eigenvalue weighted by atomic mass is 79.9. The molecule has 2 unspecified atom stereocenters. The summed E-state index contributed by atoms with van der Waals surface area (Å²) in [5.74, 6) is -0.315. The Bertz CT molecular complexity index is 632. The Hall–Kier alpha value is -1.23. The van der Waals surface area contributed by atoms with Gasteiger partial charge in [0.1, 0.15) is 5.82 Å². The maximum atomic E-state index is 13.2. The van der Waals surface area contributed by atoms with E-state index in [1.807, 2.05) is 18.2 Å². The Kier molecular flexibility index (Phi) is 3.87. The molecule has 0 aromatic heterocycles. The van der Waals surface area contributed by atoms with Gasteiger partial charge in [0.05, 0.1) is 12.1 Å². The topological polar surface area (TPSA) is 32.3 Å². The highest BCUT2D eigenvalue weighted by Gasteiger charge is 2.28. The van der Waals surface area contributed by atoms with Gasteiger partial charge in [0.2, 0.25) is 0 Å². The average molecular weight is 336 g/mol. The summed E-state index contributed by atoms with van der Waals surface area (Å²) in [7, 11) is 0. The highest BCUT2D eigenvalue weighted by molar-refractivity contribution is 9.10. The summed E-state index contributed by atoms with van der Waals surface area (Å²) in [4.78, 5) is 0. The van der Waals surface area contributed by atoms with Gasteiger partial charge < -0.3 is 10.4 Å². The zero-order valence-corrected chi connectivity index (χ0v) is 12.4. The molecule has 1 aliphatic rings. The third-order valence-electron chi connectivity index (χ3n) is 3.75. The molecule has 0 saturated heterocycles. The van der Waals surface area contributed by atoms with E-state index in [0.717, 1.165) is 18.5 Å². The molecule has 2 atom stereocenters. The molecule has 0 amide bonds. The van der Waals surface area contributed by atoms with E-state index in [4.69, 9.17) is 0 Å². The molecule has 1 heterocycles. The van der Waals surface area contributed by atoms with E-state index >= 15 is 0 Å². The van der Waals surface area contributed by atoms with Gasteiger partial charge in [0.15, 0.2) is 0 Å². The Balaban J connectivity index is 1.97. The Morgan fingerprint density at radius 1 is 1.25 bits per heavy atom. The largest absolute Gasteiger partial charge is 0.386 e. The number of rotatable bonds is 2. The second kappa shape index (κ2) is 5.64. The van der Waals surface area contributed by atoms with Crippen LogP contribution in [0.4, 0.5) is 4.39 Å². The lowest BCUT2D eigenvalue weighted by Gasteiger charge is -2.31. The SMILES string of the molecule is OC(c1ccc(F)cc1Br)C1NCCc2ccccc21. The fourth-order valence-electron chi connectivity index (χ4n) is 2.74. The minimum atomic E-state index is -0.716. The first-order chi connectivity index (χ1) is 9.66. The van der Waals surface area contributed by atoms with Crippen molar-refractivity contribution >= 4 is 15.9 Å². The molecular formula is C16H15BrFNO. The number of fused-ring (bicyclic) bond motifs is 1. The van der Waals surface area contributed by atoms with Crippen molar-refractivity contribution in [3.63, 3.8) is 0 Å². The molecular weight excluding hydrogens is 321 g/mol. The minimum absolute atomic E-state index is 0.165. The Morgan fingerprint density at radius 2 is 2.05 bits per heavy atom. The van der Waals surface area contributed by atoms with Crippen LogP contribution in [-0.4, -0.2) is 11.7 Å². The molecule has 0 aliphatic carbocycles. The summed E-state index contributed by atoms with van der Waals surface area (Å²) in [5.41, 5.74) is 3.07. The van der Waals surface area contributed by atoms with Gasteiger partial charge in [-0.3, -0.25) is 0 Å². The molecule has 20 heavy (non-hydrogen) atoms. The van der Waals surface area contributed by atoms with E-state index in [-0.39, 0.29) is 11.9 Å². The maximum Gasteiger partial charge on any atom is 0.124 e. The molecule has 2 aromatic carbocycles. The third kappa shape index (κ3) is 2.51. The van der Waals surface area contributed by atoms with E-state index in [2.05, 4.69) is 27.3 Å². The van der Waals surface area contributed by atoms with Crippen LogP contribution in [0.5, 0.6) is 0 Å². The Labute approximate surface area is 125 Å². The van der Waals surface area contributed by atoms with Crippen LogP contribution in [0.1, 0.15) is 28.8 Å². The molecule has 0 bridgehead atoms. The van der Waals surface area contributed by atoms with Crippen molar-refractivity contribution in [2.45, 2.75) is 18.6 Å². The molecule has 2 aromatic rings. The molecule has 0 saturated carbocycles. The molecule has 3 rings (SSSR count). The number of benzene rings is 2. The van der Waals surface area contributed by atoms with E-state index in [0.29, 0.717) is 10.0 Å². The third-order valence-corrected chi connectivity index (χ3v) is 4.43. The molecule has 2 N–H and O–H groups in total. The predicted octanol–water partition coefficient (Wildman–Crippen LogP) is 3.51. The predicted molar refractivity (Wildman–Crippen MR) is 79.9 cm³/mol. The van der Waals surface area contributed by atoms with Crippen LogP contribution in [0.2, 0.25) is 0 Å². The fourth-order valence-corrected chi connectivity index (χ4v) is 3.33. The van der Waals surface area contributed by atoms with Crippen molar-refractivity contribution in [3.05, 3.63) is 69.4 Å². The number of hydrogen-bond acceptors (Lipinski definition) is 2. The monoisotopic (exact) mass is 335 g/mol. The lowest BCUT2D eigenvalue weighted by Crippen LogP contribution is -2.34. The summed E-state index contributed by atoms with van der Waals surface area (Å²) in [6, 6.07) is 12.3. The first kappa shape index (κ1) is 13.7. The smallest absolute Gasteiger partial charge is 0.124 e. The van der Waals surface area contributed by atoms with Crippen LogP contribution < -0.4 is 5.32 Å². The van der Waals surface area contributed by atoms with Gasteiger partial charge in [0, 0.05) is 4.47 Å². The van der Waals surface area contributed by atoms with Gasteiger partial charge in [-0.15, -0.1) is 0 Å². The van der Waals surface area contributed by atoms with Gasteiger partial charge in [-0.1, -0.05) is 46.3 Å². The van der Waals surface area contributed by atoms with Crippen molar-refractivity contribution in [2.24, 2.45) is 0 Å². The molecule has 0 fully saturated rings. The van der Waals surface area contributed by atoms with Crippen molar-refractivity contribution in [3.8, 4) is 0 Å². The molecule has 0 spiro atoms. The summed E-state index contributed by atoms with van der Waals surface area (Å²) in [6.07, 6.45) is 0.246. The number of aliphatic hydroxyl groups is 1. The Morgan fingerprint density at radius 3 is 2.85 bits per heavy atom. The number of aliphatic hydroxyl groups excluding tert-OH is 1. The first-order valence-electron chi connectivity index (χ1n) is 6.61. The van der Waals surface area contributed by atoms with Crippen LogP contribution in [-0.2, 0) is 6.42 Å². The van der Waals surface area contributed by atoms with Crippen LogP contribution in [0.3, 0.4) is 0 Å². The van der Waals surface area contributed by atoms with Gasteiger partial charge >= 0.3 is 0 Å². The van der Waals surface area contributed by atoms with Gasteiger partial charge in [-0.05, 0) is 41.8 Å². The van der Waals surface area contributed by atoms with Gasteiger partial charge in [-0.25, -0.2) is 4.39 Å². The van der Waals surface area contributed by atoms with E-state index in [1.165, 1.54) is 17.7 Å². The summed E-state index contributed by atoms with van der Waals surface area (Å²) in [5, 5.41) is 14.0. The van der Waals surface area contributed by atoms with Crippen molar-refractivity contribution in [1.82, 2.24) is 5.32 Å². The van der Waals surface area contributed by atoms with E-state index < -0.39 is 6.10 Å². The standard InChI is InChI=1S/C16H15BrFNO/c17-14-9-11(18)5-6-13(14)16(20)15-12-4-2-1-3-10(12)7-8-19-15/h1-6,9,15-16,19-20H,7-8H2. The van der Waals surface area contributed by atoms with Crippen LogP contribution in [0.15, 0.2) is 46.9 Å². The normalized spacial score (nSPS) is 19.4. The number of hydrogen-bond donors (Lipinski definition) is 2. The second-order valence-electron chi connectivity index (χ2n) is 4.99. The highest BCUT2D eigenvalue weighted by Crippen LogP contribution is 2.36. The lowest BCUT2D eigenvalue weighted by atomic mass is 9.88. The van der Waals surface area contributed by atoms with E-state index in [9.17, 15) is 9.50 Å². The molecule has 1 aliphatic heterocycles. The van der Waals surface area contributed by atoms with Crippen LogP contribution >= 0.6 is 15.9 Å². The molecule has 104 valence electrons.